The minimum Gasteiger partial charge on any atom is -0.493 e. The SMILES string of the molecule is CCCOc1ccc(S(=O)(=O)NC(C)Cc2ccoc2)cc1C. The Morgan fingerprint density at radius 3 is 2.70 bits per heavy atom. The number of rotatable bonds is 8. The third kappa shape index (κ3) is 4.84. The van der Waals surface area contributed by atoms with Crippen molar-refractivity contribution in [2.75, 3.05) is 6.61 Å². The molecule has 0 amide bonds. The molecule has 1 N–H and O–H groups in total. The quantitative estimate of drug-likeness (QED) is 0.802. The number of aryl methyl sites for hydroxylation is 1. The van der Waals surface area contributed by atoms with Crippen LogP contribution in [0.4, 0.5) is 0 Å². The van der Waals surface area contributed by atoms with Gasteiger partial charge in [-0.2, -0.15) is 0 Å². The lowest BCUT2D eigenvalue weighted by Gasteiger charge is -2.15. The third-order valence-electron chi connectivity index (χ3n) is 3.40. The van der Waals surface area contributed by atoms with Crippen molar-refractivity contribution >= 4 is 10.0 Å². The summed E-state index contributed by atoms with van der Waals surface area (Å²) >= 11 is 0. The van der Waals surface area contributed by atoms with E-state index in [9.17, 15) is 8.42 Å². The molecule has 0 spiro atoms. The van der Waals surface area contributed by atoms with E-state index in [1.165, 1.54) is 0 Å². The number of furan rings is 1. The number of hydrogen-bond acceptors (Lipinski definition) is 4. The minimum atomic E-state index is -3.56. The number of benzene rings is 1. The Bertz CT molecular complexity index is 723. The molecule has 126 valence electrons. The topological polar surface area (TPSA) is 68.5 Å². The molecule has 0 saturated heterocycles. The average molecular weight is 337 g/mol. The van der Waals surface area contributed by atoms with Gasteiger partial charge in [0.25, 0.3) is 0 Å². The van der Waals surface area contributed by atoms with Crippen LogP contribution >= 0.6 is 0 Å². The smallest absolute Gasteiger partial charge is 0.240 e. The lowest BCUT2D eigenvalue weighted by Crippen LogP contribution is -2.34. The number of nitrogens with one attached hydrogen (secondary N) is 1. The summed E-state index contributed by atoms with van der Waals surface area (Å²) < 4.78 is 38.2. The number of ether oxygens (including phenoxy) is 1. The largest absolute Gasteiger partial charge is 0.493 e. The van der Waals surface area contributed by atoms with Crippen LogP contribution in [0.1, 0.15) is 31.4 Å². The van der Waals surface area contributed by atoms with Crippen LogP contribution in [0.2, 0.25) is 0 Å². The summed E-state index contributed by atoms with van der Waals surface area (Å²) in [5, 5.41) is 0. The van der Waals surface area contributed by atoms with Gasteiger partial charge in [-0.3, -0.25) is 0 Å². The number of hydrogen-bond donors (Lipinski definition) is 1. The molecule has 0 aliphatic rings. The molecule has 2 rings (SSSR count). The van der Waals surface area contributed by atoms with Gasteiger partial charge in [0.15, 0.2) is 0 Å². The molecule has 2 aromatic rings. The molecule has 0 bridgehead atoms. The van der Waals surface area contributed by atoms with E-state index in [0.717, 1.165) is 23.3 Å². The maximum absolute atomic E-state index is 12.5. The van der Waals surface area contributed by atoms with Crippen molar-refractivity contribution < 1.29 is 17.6 Å². The summed E-state index contributed by atoms with van der Waals surface area (Å²) in [7, 11) is -3.56. The Morgan fingerprint density at radius 2 is 2.09 bits per heavy atom. The van der Waals surface area contributed by atoms with Crippen molar-refractivity contribution in [3.05, 3.63) is 47.9 Å². The molecule has 6 heteroatoms. The predicted molar refractivity (Wildman–Crippen MR) is 89.2 cm³/mol. The van der Waals surface area contributed by atoms with E-state index in [0.29, 0.717) is 13.0 Å². The summed E-state index contributed by atoms with van der Waals surface area (Å²) in [5.41, 5.74) is 1.77. The highest BCUT2D eigenvalue weighted by Crippen LogP contribution is 2.22. The molecule has 1 aromatic heterocycles. The van der Waals surface area contributed by atoms with Crippen molar-refractivity contribution in [2.45, 2.75) is 44.6 Å². The van der Waals surface area contributed by atoms with Crippen LogP contribution in [0.3, 0.4) is 0 Å². The number of sulfonamides is 1. The molecule has 0 radical (unpaired) electrons. The zero-order chi connectivity index (χ0) is 16.9. The second-order valence-corrected chi connectivity index (χ2v) is 7.35. The van der Waals surface area contributed by atoms with Gasteiger partial charge < -0.3 is 9.15 Å². The molecule has 1 aromatic carbocycles. The molecule has 0 aliphatic carbocycles. The second-order valence-electron chi connectivity index (χ2n) is 5.63. The van der Waals surface area contributed by atoms with Gasteiger partial charge in [-0.05, 0) is 62.1 Å². The van der Waals surface area contributed by atoms with Crippen molar-refractivity contribution in [1.29, 1.82) is 0 Å². The zero-order valence-electron chi connectivity index (χ0n) is 13.7. The Hall–Kier alpha value is -1.79. The van der Waals surface area contributed by atoms with E-state index in [-0.39, 0.29) is 10.9 Å². The first kappa shape index (κ1) is 17.6. The van der Waals surface area contributed by atoms with Gasteiger partial charge in [-0.25, -0.2) is 13.1 Å². The van der Waals surface area contributed by atoms with Gasteiger partial charge in [0.1, 0.15) is 5.75 Å². The second kappa shape index (κ2) is 7.66. The summed E-state index contributed by atoms with van der Waals surface area (Å²) in [6, 6.07) is 6.52. The van der Waals surface area contributed by atoms with Crippen LogP contribution in [-0.4, -0.2) is 21.1 Å². The predicted octanol–water partition coefficient (Wildman–Crippen LogP) is 3.29. The standard InChI is InChI=1S/C17H23NO4S/c1-4-8-22-17-6-5-16(10-13(17)2)23(19,20)18-14(3)11-15-7-9-21-12-15/h5-7,9-10,12,14,18H,4,8,11H2,1-3H3. The molecule has 1 atom stereocenters. The van der Waals surface area contributed by atoms with Gasteiger partial charge >= 0.3 is 0 Å². The molecule has 0 saturated carbocycles. The van der Waals surface area contributed by atoms with Crippen molar-refractivity contribution in [1.82, 2.24) is 4.72 Å². The van der Waals surface area contributed by atoms with Gasteiger partial charge in [-0.1, -0.05) is 6.92 Å². The minimum absolute atomic E-state index is 0.228. The molecule has 0 fully saturated rings. The van der Waals surface area contributed by atoms with Gasteiger partial charge in [0.2, 0.25) is 10.0 Å². The molecule has 1 unspecified atom stereocenters. The van der Waals surface area contributed by atoms with E-state index >= 15 is 0 Å². The lowest BCUT2D eigenvalue weighted by molar-refractivity contribution is 0.315. The van der Waals surface area contributed by atoms with Crippen LogP contribution < -0.4 is 9.46 Å². The van der Waals surface area contributed by atoms with Crippen LogP contribution in [-0.2, 0) is 16.4 Å². The van der Waals surface area contributed by atoms with Crippen LogP contribution in [0, 0.1) is 6.92 Å². The molecule has 23 heavy (non-hydrogen) atoms. The van der Waals surface area contributed by atoms with Gasteiger partial charge in [0, 0.05) is 6.04 Å². The molecular weight excluding hydrogens is 314 g/mol. The van der Waals surface area contributed by atoms with Crippen LogP contribution in [0.25, 0.3) is 0 Å². The first-order chi connectivity index (χ1) is 10.9. The third-order valence-corrected chi connectivity index (χ3v) is 4.98. The van der Waals surface area contributed by atoms with Crippen LogP contribution in [0.15, 0.2) is 46.1 Å². The van der Waals surface area contributed by atoms with E-state index < -0.39 is 10.0 Å². The monoisotopic (exact) mass is 337 g/mol. The molecular formula is C17H23NO4S. The Labute approximate surface area is 137 Å². The highest BCUT2D eigenvalue weighted by molar-refractivity contribution is 7.89. The Morgan fingerprint density at radius 1 is 1.30 bits per heavy atom. The maximum Gasteiger partial charge on any atom is 0.240 e. The summed E-state index contributed by atoms with van der Waals surface area (Å²) in [6.07, 6.45) is 4.68. The molecule has 5 nitrogen and oxygen atoms in total. The Balaban J connectivity index is 2.08. The fourth-order valence-corrected chi connectivity index (χ4v) is 3.63. The zero-order valence-corrected chi connectivity index (χ0v) is 14.5. The maximum atomic E-state index is 12.5. The summed E-state index contributed by atoms with van der Waals surface area (Å²) in [6.45, 7) is 6.32. The van der Waals surface area contributed by atoms with E-state index in [4.69, 9.17) is 9.15 Å². The normalized spacial score (nSPS) is 13.0. The van der Waals surface area contributed by atoms with Crippen molar-refractivity contribution in [3.63, 3.8) is 0 Å². The fraction of sp³-hybridized carbons (Fsp3) is 0.412. The van der Waals surface area contributed by atoms with E-state index in [1.807, 2.05) is 26.8 Å². The first-order valence-electron chi connectivity index (χ1n) is 7.69. The van der Waals surface area contributed by atoms with Crippen molar-refractivity contribution in [2.24, 2.45) is 0 Å². The van der Waals surface area contributed by atoms with Gasteiger partial charge in [-0.15, -0.1) is 0 Å². The summed E-state index contributed by atoms with van der Waals surface area (Å²) in [5.74, 6) is 0.720. The Kier molecular flexibility index (Phi) is 5.85. The molecule has 1 heterocycles. The average Bonchev–Trinajstić information content (AvgIpc) is 2.98. The summed E-state index contributed by atoms with van der Waals surface area (Å²) in [4.78, 5) is 0.248. The molecule has 0 aliphatic heterocycles. The highest BCUT2D eigenvalue weighted by Gasteiger charge is 2.19. The van der Waals surface area contributed by atoms with Gasteiger partial charge in [0.05, 0.1) is 24.0 Å². The van der Waals surface area contributed by atoms with Crippen LogP contribution in [0.5, 0.6) is 5.75 Å². The van der Waals surface area contributed by atoms with E-state index in [1.54, 1.807) is 30.7 Å². The highest BCUT2D eigenvalue weighted by atomic mass is 32.2. The van der Waals surface area contributed by atoms with E-state index in [2.05, 4.69) is 4.72 Å². The first-order valence-corrected chi connectivity index (χ1v) is 9.17. The lowest BCUT2D eigenvalue weighted by atomic mass is 10.1. The fourth-order valence-electron chi connectivity index (χ4n) is 2.30. The van der Waals surface area contributed by atoms with Crippen molar-refractivity contribution in [3.8, 4) is 5.75 Å².